The van der Waals surface area contributed by atoms with E-state index in [1.54, 1.807) is 11.3 Å². The zero-order chi connectivity index (χ0) is 14.7. The maximum Gasteiger partial charge on any atom is 0.236 e. The van der Waals surface area contributed by atoms with Crippen LogP contribution in [0.1, 0.15) is 26.2 Å². The Labute approximate surface area is 130 Å². The number of likely N-dealkylation sites (tertiary alicyclic amines) is 1. The Hall–Kier alpha value is -1.14. The minimum Gasteiger partial charge on any atom is -0.343 e. The van der Waals surface area contributed by atoms with Gasteiger partial charge in [0.05, 0.1) is 6.54 Å². The summed E-state index contributed by atoms with van der Waals surface area (Å²) in [5.41, 5.74) is 0. The Morgan fingerprint density at radius 2 is 2.10 bits per heavy atom. The van der Waals surface area contributed by atoms with Gasteiger partial charge in [0.2, 0.25) is 5.91 Å². The highest BCUT2D eigenvalue weighted by atomic mass is 32.1. The summed E-state index contributed by atoms with van der Waals surface area (Å²) in [7, 11) is 0. The normalized spacial score (nSPS) is 24.3. The van der Waals surface area contributed by atoms with E-state index in [0.717, 1.165) is 37.9 Å². The highest BCUT2D eigenvalue weighted by Gasteiger charge is 2.27. The predicted octanol–water partition coefficient (Wildman–Crippen LogP) is 1.67. The number of carbonyl (C=O) groups is 1. The standard InChI is InChI=1S/C15H24N4OS/c1-13-11-17(8-9-19(13)15-16-5-10-21-15)12-14(20)18-6-3-2-4-7-18/h5,10,13H,2-4,6-9,11-12H2,1H3. The first kappa shape index (κ1) is 14.8. The number of piperidine rings is 1. The third-order valence-corrected chi connectivity index (χ3v) is 5.25. The van der Waals surface area contributed by atoms with Crippen LogP contribution in [0, 0.1) is 0 Å². The van der Waals surface area contributed by atoms with E-state index < -0.39 is 0 Å². The zero-order valence-corrected chi connectivity index (χ0v) is 13.5. The highest BCUT2D eigenvalue weighted by Crippen LogP contribution is 2.22. The second kappa shape index (κ2) is 6.75. The molecule has 3 heterocycles. The molecule has 3 rings (SSSR count). The molecule has 21 heavy (non-hydrogen) atoms. The molecule has 0 N–H and O–H groups in total. The van der Waals surface area contributed by atoms with Crippen LogP contribution < -0.4 is 4.90 Å². The molecule has 6 heteroatoms. The van der Waals surface area contributed by atoms with Crippen molar-refractivity contribution in [2.24, 2.45) is 0 Å². The summed E-state index contributed by atoms with van der Waals surface area (Å²) in [6, 6.07) is 0.416. The van der Waals surface area contributed by atoms with E-state index in [1.165, 1.54) is 19.3 Å². The van der Waals surface area contributed by atoms with Gasteiger partial charge in [0, 0.05) is 50.3 Å². The maximum atomic E-state index is 12.3. The second-order valence-corrected chi connectivity index (χ2v) is 6.91. The van der Waals surface area contributed by atoms with Crippen molar-refractivity contribution in [2.45, 2.75) is 32.2 Å². The average Bonchev–Trinajstić information content (AvgIpc) is 3.02. The quantitative estimate of drug-likeness (QED) is 0.851. The summed E-state index contributed by atoms with van der Waals surface area (Å²) >= 11 is 1.69. The fourth-order valence-electron chi connectivity index (χ4n) is 3.25. The van der Waals surface area contributed by atoms with Gasteiger partial charge in [-0.3, -0.25) is 9.69 Å². The van der Waals surface area contributed by atoms with E-state index in [2.05, 4.69) is 21.7 Å². The molecule has 0 bridgehead atoms. The molecule has 1 unspecified atom stereocenters. The molecule has 1 atom stereocenters. The van der Waals surface area contributed by atoms with E-state index in [1.807, 2.05) is 16.5 Å². The van der Waals surface area contributed by atoms with Crippen LogP contribution in [0.5, 0.6) is 0 Å². The molecule has 2 aliphatic heterocycles. The number of rotatable bonds is 3. The summed E-state index contributed by atoms with van der Waals surface area (Å²) in [6.07, 6.45) is 5.46. The van der Waals surface area contributed by atoms with E-state index in [0.29, 0.717) is 18.5 Å². The first-order valence-corrected chi connectivity index (χ1v) is 8.78. The topological polar surface area (TPSA) is 39.7 Å². The molecule has 0 aliphatic carbocycles. The van der Waals surface area contributed by atoms with Crippen molar-refractivity contribution in [1.29, 1.82) is 0 Å². The molecular formula is C15H24N4OS. The summed E-state index contributed by atoms with van der Waals surface area (Å²) in [4.78, 5) is 23.4. The van der Waals surface area contributed by atoms with Gasteiger partial charge >= 0.3 is 0 Å². The van der Waals surface area contributed by atoms with Gasteiger partial charge < -0.3 is 9.80 Å². The number of thiazole rings is 1. The monoisotopic (exact) mass is 308 g/mol. The van der Waals surface area contributed by atoms with Crippen molar-refractivity contribution in [3.63, 3.8) is 0 Å². The molecular weight excluding hydrogens is 284 g/mol. The van der Waals surface area contributed by atoms with Crippen LogP contribution in [-0.2, 0) is 4.79 Å². The van der Waals surface area contributed by atoms with Gasteiger partial charge in [-0.25, -0.2) is 4.98 Å². The molecule has 2 aliphatic rings. The van der Waals surface area contributed by atoms with Gasteiger partial charge in [0.15, 0.2) is 5.13 Å². The molecule has 2 saturated heterocycles. The van der Waals surface area contributed by atoms with Crippen molar-refractivity contribution in [3.05, 3.63) is 11.6 Å². The van der Waals surface area contributed by atoms with Gasteiger partial charge in [-0.1, -0.05) is 0 Å². The van der Waals surface area contributed by atoms with Gasteiger partial charge in [0.25, 0.3) is 0 Å². The lowest BCUT2D eigenvalue weighted by Crippen LogP contribution is -2.54. The fraction of sp³-hybridized carbons (Fsp3) is 0.733. The predicted molar refractivity (Wildman–Crippen MR) is 85.8 cm³/mol. The summed E-state index contributed by atoms with van der Waals surface area (Å²) < 4.78 is 0. The summed E-state index contributed by atoms with van der Waals surface area (Å²) in [5, 5.41) is 3.12. The van der Waals surface area contributed by atoms with Gasteiger partial charge in [0.1, 0.15) is 0 Å². The minimum absolute atomic E-state index is 0.310. The number of aromatic nitrogens is 1. The van der Waals surface area contributed by atoms with E-state index in [-0.39, 0.29) is 0 Å². The van der Waals surface area contributed by atoms with Crippen LogP contribution in [0.3, 0.4) is 0 Å². The first-order valence-electron chi connectivity index (χ1n) is 7.90. The number of hydrogen-bond acceptors (Lipinski definition) is 5. The lowest BCUT2D eigenvalue weighted by Gasteiger charge is -2.40. The van der Waals surface area contributed by atoms with Crippen molar-refractivity contribution in [1.82, 2.24) is 14.8 Å². The van der Waals surface area contributed by atoms with Crippen LogP contribution in [0.15, 0.2) is 11.6 Å². The molecule has 1 amide bonds. The van der Waals surface area contributed by atoms with E-state index in [9.17, 15) is 4.79 Å². The molecule has 0 aromatic carbocycles. The zero-order valence-electron chi connectivity index (χ0n) is 12.7. The van der Waals surface area contributed by atoms with Gasteiger partial charge in [-0.15, -0.1) is 11.3 Å². The van der Waals surface area contributed by atoms with Crippen LogP contribution in [-0.4, -0.2) is 66.0 Å². The van der Waals surface area contributed by atoms with Crippen LogP contribution >= 0.6 is 11.3 Å². The lowest BCUT2D eigenvalue weighted by atomic mass is 10.1. The third-order valence-electron chi connectivity index (χ3n) is 4.44. The maximum absolute atomic E-state index is 12.3. The van der Waals surface area contributed by atoms with Crippen molar-refractivity contribution in [2.75, 3.05) is 44.2 Å². The van der Waals surface area contributed by atoms with Crippen molar-refractivity contribution < 1.29 is 4.79 Å². The smallest absolute Gasteiger partial charge is 0.236 e. The first-order chi connectivity index (χ1) is 10.2. The number of nitrogens with zero attached hydrogens (tertiary/aromatic N) is 4. The highest BCUT2D eigenvalue weighted by molar-refractivity contribution is 7.13. The fourth-order valence-corrected chi connectivity index (χ4v) is 4.02. The number of carbonyl (C=O) groups excluding carboxylic acids is 1. The largest absolute Gasteiger partial charge is 0.343 e. The molecule has 116 valence electrons. The van der Waals surface area contributed by atoms with E-state index in [4.69, 9.17) is 0 Å². The Morgan fingerprint density at radius 1 is 1.29 bits per heavy atom. The number of piperazine rings is 1. The molecule has 0 spiro atoms. The Kier molecular flexibility index (Phi) is 4.75. The molecule has 1 aromatic heterocycles. The minimum atomic E-state index is 0.310. The van der Waals surface area contributed by atoms with Crippen molar-refractivity contribution >= 4 is 22.4 Å². The van der Waals surface area contributed by atoms with Crippen molar-refractivity contribution in [3.8, 4) is 0 Å². The second-order valence-electron chi connectivity index (χ2n) is 6.03. The molecule has 2 fully saturated rings. The molecule has 0 radical (unpaired) electrons. The number of hydrogen-bond donors (Lipinski definition) is 0. The SMILES string of the molecule is CC1CN(CC(=O)N2CCCCC2)CCN1c1nccs1. The van der Waals surface area contributed by atoms with Crippen LogP contribution in [0.25, 0.3) is 0 Å². The van der Waals surface area contributed by atoms with Crippen LogP contribution in [0.4, 0.5) is 5.13 Å². The summed E-state index contributed by atoms with van der Waals surface area (Å²) in [5.74, 6) is 0.310. The molecule has 0 saturated carbocycles. The van der Waals surface area contributed by atoms with Crippen LogP contribution in [0.2, 0.25) is 0 Å². The molecule has 1 aromatic rings. The summed E-state index contributed by atoms with van der Waals surface area (Å²) in [6.45, 7) is 7.56. The van der Waals surface area contributed by atoms with Gasteiger partial charge in [-0.2, -0.15) is 0 Å². The number of anilines is 1. The number of amides is 1. The lowest BCUT2D eigenvalue weighted by molar-refractivity contribution is -0.133. The Bertz CT molecular complexity index is 458. The Morgan fingerprint density at radius 3 is 2.76 bits per heavy atom. The van der Waals surface area contributed by atoms with E-state index >= 15 is 0 Å². The van der Waals surface area contributed by atoms with Gasteiger partial charge in [-0.05, 0) is 26.2 Å². The third kappa shape index (κ3) is 3.55. The average molecular weight is 308 g/mol. The Balaban J connectivity index is 1.51. The molecule has 5 nitrogen and oxygen atoms in total.